The molecule has 3 rings (SSSR count). The third kappa shape index (κ3) is 6.30. The summed E-state index contributed by atoms with van der Waals surface area (Å²) in [5, 5.41) is 6.25. The van der Waals surface area contributed by atoms with Crippen molar-refractivity contribution in [1.82, 2.24) is 10.3 Å². The van der Waals surface area contributed by atoms with Gasteiger partial charge in [0.25, 0.3) is 5.91 Å². The van der Waals surface area contributed by atoms with E-state index in [2.05, 4.69) is 15.8 Å². The normalized spacial score (nSPS) is 13.1. The highest BCUT2D eigenvalue weighted by atomic mass is 16.5. The summed E-state index contributed by atoms with van der Waals surface area (Å²) in [5.41, 5.74) is 3.24. The number of amides is 3. The molecule has 0 saturated carbocycles. The van der Waals surface area contributed by atoms with Gasteiger partial charge in [-0.2, -0.15) is 5.10 Å². The maximum absolute atomic E-state index is 12.0. The van der Waals surface area contributed by atoms with E-state index in [-0.39, 0.29) is 12.5 Å². The first-order valence-electron chi connectivity index (χ1n) is 9.85. The fourth-order valence-corrected chi connectivity index (χ4v) is 3.00. The van der Waals surface area contributed by atoms with E-state index in [1.54, 1.807) is 53.4 Å². The first-order chi connectivity index (χ1) is 15.1. The molecule has 2 aromatic carbocycles. The Hall–Kier alpha value is -3.88. The van der Waals surface area contributed by atoms with Crippen molar-refractivity contribution in [3.63, 3.8) is 0 Å². The number of hydrogen-bond donors (Lipinski definition) is 2. The van der Waals surface area contributed by atoms with E-state index in [4.69, 9.17) is 9.47 Å². The second-order valence-corrected chi connectivity index (χ2v) is 6.80. The smallest absolute Gasteiger partial charge is 0.329 e. The minimum Gasteiger partial charge on any atom is -0.495 e. The van der Waals surface area contributed by atoms with Crippen LogP contribution < -0.4 is 20.2 Å². The van der Waals surface area contributed by atoms with Crippen LogP contribution in [0, 0.1) is 0 Å². The number of likely N-dealkylation sites (tertiary alicyclic amines) is 1. The lowest BCUT2D eigenvalue weighted by atomic mass is 10.2. The lowest BCUT2D eigenvalue weighted by Gasteiger charge is -2.15. The van der Waals surface area contributed by atoms with E-state index in [1.807, 2.05) is 0 Å². The minimum atomic E-state index is -0.914. The molecule has 1 heterocycles. The molecule has 2 N–H and O–H groups in total. The zero-order valence-electron chi connectivity index (χ0n) is 17.2. The standard InChI is InChI=1S/C22H24N4O5/c1-30-19-7-3-2-6-18(19)24-21(28)22(29)25-23-14-16-8-10-17(11-9-16)31-15-20(27)26-12-4-5-13-26/h2-3,6-11,14H,4-5,12-13,15H2,1H3,(H,24,28)(H,25,29)/b23-14-. The average Bonchev–Trinajstić information content (AvgIpc) is 3.33. The van der Waals surface area contributed by atoms with Crippen molar-refractivity contribution in [1.29, 1.82) is 0 Å². The highest BCUT2D eigenvalue weighted by Crippen LogP contribution is 2.22. The molecule has 1 saturated heterocycles. The van der Waals surface area contributed by atoms with Crippen LogP contribution in [0.2, 0.25) is 0 Å². The Labute approximate surface area is 180 Å². The summed E-state index contributed by atoms with van der Waals surface area (Å²) in [6.07, 6.45) is 3.48. The van der Waals surface area contributed by atoms with Crippen molar-refractivity contribution < 1.29 is 23.9 Å². The molecule has 0 unspecified atom stereocenters. The molecule has 0 aromatic heterocycles. The summed E-state index contributed by atoms with van der Waals surface area (Å²) in [7, 11) is 1.47. The summed E-state index contributed by atoms with van der Waals surface area (Å²) in [5.74, 6) is -0.797. The van der Waals surface area contributed by atoms with Gasteiger partial charge in [-0.1, -0.05) is 12.1 Å². The lowest BCUT2D eigenvalue weighted by Crippen LogP contribution is -2.32. The van der Waals surface area contributed by atoms with E-state index < -0.39 is 11.8 Å². The number of para-hydroxylation sites is 2. The molecule has 1 aliphatic rings. The molecule has 2 aromatic rings. The van der Waals surface area contributed by atoms with Crippen molar-refractivity contribution in [3.05, 3.63) is 54.1 Å². The van der Waals surface area contributed by atoms with Crippen molar-refractivity contribution in [2.75, 3.05) is 32.1 Å². The number of nitrogens with one attached hydrogen (secondary N) is 2. The number of benzene rings is 2. The number of ether oxygens (including phenoxy) is 2. The van der Waals surface area contributed by atoms with Crippen LogP contribution in [0.1, 0.15) is 18.4 Å². The Morgan fingerprint density at radius 1 is 1.03 bits per heavy atom. The zero-order valence-corrected chi connectivity index (χ0v) is 17.2. The maximum atomic E-state index is 12.0. The summed E-state index contributed by atoms with van der Waals surface area (Å²) in [4.78, 5) is 37.7. The number of hydrogen-bond acceptors (Lipinski definition) is 6. The van der Waals surface area contributed by atoms with Gasteiger partial charge in [0.15, 0.2) is 6.61 Å². The van der Waals surface area contributed by atoms with Crippen LogP contribution in [-0.4, -0.2) is 55.6 Å². The second-order valence-electron chi connectivity index (χ2n) is 6.80. The Balaban J connectivity index is 1.45. The van der Waals surface area contributed by atoms with E-state index >= 15 is 0 Å². The fourth-order valence-electron chi connectivity index (χ4n) is 3.00. The Morgan fingerprint density at radius 3 is 2.45 bits per heavy atom. The van der Waals surface area contributed by atoms with Gasteiger partial charge in [0, 0.05) is 13.1 Å². The van der Waals surface area contributed by atoms with Crippen molar-refractivity contribution >= 4 is 29.6 Å². The summed E-state index contributed by atoms with van der Waals surface area (Å²) >= 11 is 0. The van der Waals surface area contributed by atoms with Gasteiger partial charge in [-0.25, -0.2) is 5.43 Å². The van der Waals surface area contributed by atoms with Gasteiger partial charge in [-0.05, 0) is 54.8 Å². The van der Waals surface area contributed by atoms with Gasteiger partial charge in [0.05, 0.1) is 19.0 Å². The summed E-state index contributed by atoms with van der Waals surface area (Å²) in [6, 6.07) is 13.6. The Kier molecular flexibility index (Phi) is 7.58. The molecular weight excluding hydrogens is 400 g/mol. The third-order valence-corrected chi connectivity index (χ3v) is 4.64. The van der Waals surface area contributed by atoms with E-state index in [1.165, 1.54) is 13.3 Å². The van der Waals surface area contributed by atoms with Gasteiger partial charge in [-0.15, -0.1) is 0 Å². The Bertz CT molecular complexity index is 953. The summed E-state index contributed by atoms with van der Waals surface area (Å²) < 4.78 is 10.6. The highest BCUT2D eigenvalue weighted by Gasteiger charge is 2.18. The molecule has 1 aliphatic heterocycles. The lowest BCUT2D eigenvalue weighted by molar-refractivity contribution is -0.136. The van der Waals surface area contributed by atoms with Gasteiger partial charge in [0.1, 0.15) is 11.5 Å². The molecule has 3 amide bonds. The molecule has 0 radical (unpaired) electrons. The molecule has 0 aliphatic carbocycles. The molecule has 0 atom stereocenters. The molecule has 162 valence electrons. The molecule has 9 nitrogen and oxygen atoms in total. The average molecular weight is 424 g/mol. The maximum Gasteiger partial charge on any atom is 0.329 e. The van der Waals surface area contributed by atoms with Crippen LogP contribution in [0.15, 0.2) is 53.6 Å². The molecule has 9 heteroatoms. The number of nitrogens with zero attached hydrogens (tertiary/aromatic N) is 2. The van der Waals surface area contributed by atoms with E-state index in [0.717, 1.165) is 25.9 Å². The molecule has 0 bridgehead atoms. The number of methoxy groups -OCH3 is 1. The SMILES string of the molecule is COc1ccccc1NC(=O)C(=O)N/N=C\c1ccc(OCC(=O)N2CCCC2)cc1. The second kappa shape index (κ2) is 10.8. The molecule has 0 spiro atoms. The topological polar surface area (TPSA) is 109 Å². The third-order valence-electron chi connectivity index (χ3n) is 4.64. The van der Waals surface area contributed by atoms with Crippen molar-refractivity contribution in [3.8, 4) is 11.5 Å². The molecule has 1 fully saturated rings. The first-order valence-corrected chi connectivity index (χ1v) is 9.85. The van der Waals surface area contributed by atoms with Crippen molar-refractivity contribution in [2.45, 2.75) is 12.8 Å². The van der Waals surface area contributed by atoms with Gasteiger partial charge >= 0.3 is 11.8 Å². The van der Waals surface area contributed by atoms with Crippen LogP contribution in [0.25, 0.3) is 0 Å². The van der Waals surface area contributed by atoms with E-state index in [0.29, 0.717) is 22.7 Å². The molecular formula is C22H24N4O5. The fraction of sp³-hybridized carbons (Fsp3) is 0.273. The predicted octanol–water partition coefficient (Wildman–Crippen LogP) is 1.79. The number of anilines is 1. The van der Waals surface area contributed by atoms with Crippen LogP contribution in [-0.2, 0) is 14.4 Å². The van der Waals surface area contributed by atoms with Crippen LogP contribution in [0.5, 0.6) is 11.5 Å². The monoisotopic (exact) mass is 424 g/mol. The number of rotatable bonds is 7. The van der Waals surface area contributed by atoms with Crippen molar-refractivity contribution in [2.24, 2.45) is 5.10 Å². The van der Waals surface area contributed by atoms with Gasteiger partial charge < -0.3 is 19.7 Å². The van der Waals surface area contributed by atoms with E-state index in [9.17, 15) is 14.4 Å². The molecule has 31 heavy (non-hydrogen) atoms. The Morgan fingerprint density at radius 2 is 1.74 bits per heavy atom. The first kappa shape index (κ1) is 21.8. The largest absolute Gasteiger partial charge is 0.495 e. The van der Waals surface area contributed by atoms with Gasteiger partial charge in [-0.3, -0.25) is 14.4 Å². The van der Waals surface area contributed by atoms with Crippen LogP contribution in [0.3, 0.4) is 0 Å². The van der Waals surface area contributed by atoms with Gasteiger partial charge in [0.2, 0.25) is 0 Å². The zero-order chi connectivity index (χ0) is 22.1. The van der Waals surface area contributed by atoms with Crippen LogP contribution in [0.4, 0.5) is 5.69 Å². The summed E-state index contributed by atoms with van der Waals surface area (Å²) in [6.45, 7) is 1.59. The number of hydrazone groups is 1. The predicted molar refractivity (Wildman–Crippen MR) is 115 cm³/mol. The quantitative estimate of drug-likeness (QED) is 0.400. The van der Waals surface area contributed by atoms with Crippen LogP contribution >= 0.6 is 0 Å². The highest BCUT2D eigenvalue weighted by molar-refractivity contribution is 6.39. The minimum absolute atomic E-state index is 0.00477. The number of carbonyl (C=O) groups excluding carboxylic acids is 3. The number of carbonyl (C=O) groups is 3.